The van der Waals surface area contributed by atoms with E-state index in [4.69, 9.17) is 20.2 Å². The van der Waals surface area contributed by atoms with Gasteiger partial charge in [0.05, 0.1) is 18.5 Å². The van der Waals surface area contributed by atoms with Crippen LogP contribution in [-0.2, 0) is 18.5 Å². The Bertz CT molecular complexity index is 227. The molecule has 14 heavy (non-hydrogen) atoms. The lowest BCUT2D eigenvalue weighted by molar-refractivity contribution is 0.00817. The molecule has 0 radical (unpaired) electrons. The van der Waals surface area contributed by atoms with Crippen LogP contribution in [-0.4, -0.2) is 40.6 Å². The molecule has 0 heterocycles. The Kier molecular flexibility index (Phi) is 7.54. The molecular weight excluding hydrogens is 228 g/mol. The summed E-state index contributed by atoms with van der Waals surface area (Å²) in [5.41, 5.74) is 0. The van der Waals surface area contributed by atoms with Crippen molar-refractivity contribution in [3.8, 4) is 0 Å². The Labute approximate surface area is 90.0 Å². The highest BCUT2D eigenvalue weighted by Crippen LogP contribution is 2.02. The predicted molar refractivity (Wildman–Crippen MR) is 56.2 cm³/mol. The molecule has 0 aliphatic carbocycles. The van der Waals surface area contributed by atoms with Gasteiger partial charge in [0.15, 0.2) is 0 Å². The van der Waals surface area contributed by atoms with Gasteiger partial charge in [-0.15, -0.1) is 0 Å². The highest BCUT2D eigenvalue weighted by molar-refractivity contribution is 8.13. The number of halogens is 1. The van der Waals surface area contributed by atoms with Crippen molar-refractivity contribution in [2.24, 2.45) is 0 Å². The molecule has 0 N–H and O–H groups in total. The third-order valence-corrected chi connectivity index (χ3v) is 2.83. The Hall–Kier alpha value is 0.160. The van der Waals surface area contributed by atoms with E-state index in [2.05, 4.69) is 0 Å². The van der Waals surface area contributed by atoms with Crippen LogP contribution in [0.1, 0.15) is 19.8 Å². The molecule has 1 atom stereocenters. The molecule has 1 unspecified atom stereocenters. The van der Waals surface area contributed by atoms with E-state index in [0.29, 0.717) is 26.1 Å². The van der Waals surface area contributed by atoms with E-state index < -0.39 is 9.05 Å². The molecule has 4 nitrogen and oxygen atoms in total. The molecule has 0 fully saturated rings. The van der Waals surface area contributed by atoms with Crippen molar-refractivity contribution in [2.45, 2.75) is 25.9 Å². The lowest BCUT2D eigenvalue weighted by atomic mass is 10.3. The second-order valence-electron chi connectivity index (χ2n) is 3.09. The summed E-state index contributed by atoms with van der Waals surface area (Å²) in [6.07, 6.45) is 1.28. The molecule has 0 aromatic rings. The van der Waals surface area contributed by atoms with E-state index >= 15 is 0 Å². The Morgan fingerprint density at radius 2 is 2.00 bits per heavy atom. The predicted octanol–water partition coefficient (Wildman–Crippen LogP) is 1.39. The summed E-state index contributed by atoms with van der Waals surface area (Å²) < 4.78 is 31.3. The fourth-order valence-electron chi connectivity index (χ4n) is 0.944. The molecular formula is C8H17ClO4S. The van der Waals surface area contributed by atoms with Crippen molar-refractivity contribution in [2.75, 3.05) is 26.1 Å². The summed E-state index contributed by atoms with van der Waals surface area (Å²) in [6, 6.07) is 0. The van der Waals surface area contributed by atoms with E-state index in [9.17, 15) is 8.42 Å². The monoisotopic (exact) mass is 244 g/mol. The first-order valence-corrected chi connectivity index (χ1v) is 6.96. The van der Waals surface area contributed by atoms with E-state index in [-0.39, 0.29) is 11.9 Å². The van der Waals surface area contributed by atoms with Gasteiger partial charge in [-0.05, 0) is 19.8 Å². The van der Waals surface area contributed by atoms with Crippen LogP contribution in [0, 0.1) is 0 Å². The van der Waals surface area contributed by atoms with Crippen LogP contribution in [0.3, 0.4) is 0 Å². The summed E-state index contributed by atoms with van der Waals surface area (Å²) in [5.74, 6) is 0.0105. The van der Waals surface area contributed by atoms with Crippen LogP contribution < -0.4 is 0 Å². The van der Waals surface area contributed by atoms with E-state index in [1.165, 1.54) is 0 Å². The van der Waals surface area contributed by atoms with Gasteiger partial charge in [-0.2, -0.15) is 0 Å². The molecule has 0 bridgehead atoms. The topological polar surface area (TPSA) is 52.6 Å². The summed E-state index contributed by atoms with van der Waals surface area (Å²) in [7, 11) is 3.30. The van der Waals surface area contributed by atoms with Gasteiger partial charge in [0.25, 0.3) is 0 Å². The maximum atomic E-state index is 10.5. The zero-order valence-electron chi connectivity index (χ0n) is 8.53. The standard InChI is InChI=1S/C8H17ClO4S/c1-8(7-12-2)13-5-3-4-6-14(9,10)11/h8H,3-7H2,1-2H3. The number of ether oxygens (including phenoxy) is 2. The van der Waals surface area contributed by atoms with Gasteiger partial charge in [-0.25, -0.2) is 8.42 Å². The fraction of sp³-hybridized carbons (Fsp3) is 1.00. The van der Waals surface area contributed by atoms with Crippen molar-refractivity contribution in [1.29, 1.82) is 0 Å². The highest BCUT2D eigenvalue weighted by atomic mass is 35.7. The van der Waals surface area contributed by atoms with Crippen molar-refractivity contribution in [3.05, 3.63) is 0 Å². The van der Waals surface area contributed by atoms with Crippen LogP contribution in [0.15, 0.2) is 0 Å². The molecule has 0 saturated heterocycles. The lowest BCUT2D eigenvalue weighted by Crippen LogP contribution is -2.15. The summed E-state index contributed by atoms with van der Waals surface area (Å²) in [4.78, 5) is 0. The van der Waals surface area contributed by atoms with Gasteiger partial charge in [0.1, 0.15) is 0 Å². The number of hydrogen-bond donors (Lipinski definition) is 0. The smallest absolute Gasteiger partial charge is 0.232 e. The normalized spacial score (nSPS) is 14.2. The van der Waals surface area contributed by atoms with E-state index in [1.54, 1.807) is 7.11 Å². The second-order valence-corrected chi connectivity index (χ2v) is 5.98. The van der Waals surface area contributed by atoms with Gasteiger partial charge >= 0.3 is 0 Å². The van der Waals surface area contributed by atoms with E-state index in [1.807, 2.05) is 6.92 Å². The zero-order chi connectivity index (χ0) is 11.0. The third-order valence-electron chi connectivity index (χ3n) is 1.59. The maximum Gasteiger partial charge on any atom is 0.232 e. The van der Waals surface area contributed by atoms with Crippen LogP contribution in [0.2, 0.25) is 0 Å². The zero-order valence-corrected chi connectivity index (χ0v) is 10.1. The molecule has 0 aromatic carbocycles. The minimum absolute atomic E-state index is 0.0105. The van der Waals surface area contributed by atoms with Crippen molar-refractivity contribution < 1.29 is 17.9 Å². The van der Waals surface area contributed by atoms with Gasteiger partial charge in [0, 0.05) is 24.4 Å². The van der Waals surface area contributed by atoms with Gasteiger partial charge < -0.3 is 9.47 Å². The van der Waals surface area contributed by atoms with Crippen LogP contribution in [0.5, 0.6) is 0 Å². The van der Waals surface area contributed by atoms with Crippen LogP contribution in [0.4, 0.5) is 0 Å². The first-order valence-electron chi connectivity index (χ1n) is 4.48. The molecule has 0 spiro atoms. The van der Waals surface area contributed by atoms with Gasteiger partial charge in [-0.1, -0.05) is 0 Å². The second kappa shape index (κ2) is 7.45. The first-order chi connectivity index (χ1) is 6.45. The fourth-order valence-corrected chi connectivity index (χ4v) is 1.82. The Balaban J connectivity index is 3.30. The van der Waals surface area contributed by atoms with Crippen molar-refractivity contribution in [1.82, 2.24) is 0 Å². The Morgan fingerprint density at radius 1 is 1.36 bits per heavy atom. The minimum atomic E-state index is -3.34. The SMILES string of the molecule is COCC(C)OCCCCS(=O)(=O)Cl. The van der Waals surface area contributed by atoms with E-state index in [0.717, 1.165) is 0 Å². The maximum absolute atomic E-state index is 10.5. The van der Waals surface area contributed by atoms with Gasteiger partial charge in [0.2, 0.25) is 9.05 Å². The molecule has 0 aliphatic rings. The molecule has 0 rings (SSSR count). The van der Waals surface area contributed by atoms with Crippen LogP contribution >= 0.6 is 10.7 Å². The summed E-state index contributed by atoms with van der Waals surface area (Å²) >= 11 is 0. The van der Waals surface area contributed by atoms with Crippen molar-refractivity contribution in [3.63, 3.8) is 0 Å². The summed E-state index contributed by atoms with van der Waals surface area (Å²) in [5, 5.41) is 0. The molecule has 86 valence electrons. The average molecular weight is 245 g/mol. The number of rotatable bonds is 8. The van der Waals surface area contributed by atoms with Gasteiger partial charge in [-0.3, -0.25) is 0 Å². The van der Waals surface area contributed by atoms with Crippen molar-refractivity contribution >= 4 is 19.7 Å². The molecule has 0 aromatic heterocycles. The molecule has 0 amide bonds. The lowest BCUT2D eigenvalue weighted by Gasteiger charge is -2.11. The largest absolute Gasteiger partial charge is 0.382 e. The minimum Gasteiger partial charge on any atom is -0.382 e. The molecule has 6 heteroatoms. The summed E-state index contributed by atoms with van der Waals surface area (Å²) in [6.45, 7) is 2.99. The molecule has 0 saturated carbocycles. The average Bonchev–Trinajstić information content (AvgIpc) is 2.02. The number of methoxy groups -OCH3 is 1. The molecule has 0 aliphatic heterocycles. The van der Waals surface area contributed by atoms with Crippen LogP contribution in [0.25, 0.3) is 0 Å². The highest BCUT2D eigenvalue weighted by Gasteiger charge is 2.05. The third kappa shape index (κ3) is 10.2. The number of unbranched alkanes of at least 4 members (excludes halogenated alkanes) is 1. The Morgan fingerprint density at radius 3 is 2.50 bits per heavy atom. The first kappa shape index (κ1) is 14.2. The quantitative estimate of drug-likeness (QED) is 0.478. The number of hydrogen-bond acceptors (Lipinski definition) is 4.